The fourth-order valence-corrected chi connectivity index (χ4v) is 3.82. The third kappa shape index (κ3) is 4.09. The van der Waals surface area contributed by atoms with Gasteiger partial charge in [-0.25, -0.2) is 0 Å². The normalized spacial score (nSPS) is 28.3. The predicted molar refractivity (Wildman–Crippen MR) is 93.5 cm³/mol. The Bertz CT molecular complexity index is 473. The van der Waals surface area contributed by atoms with Crippen LogP contribution in [0, 0.1) is 6.92 Å². The van der Waals surface area contributed by atoms with Crippen molar-refractivity contribution >= 4 is 0 Å². The molecule has 0 amide bonds. The van der Waals surface area contributed by atoms with Gasteiger partial charge < -0.3 is 10.2 Å². The fourth-order valence-electron chi connectivity index (χ4n) is 3.82. The topological polar surface area (TPSA) is 18.5 Å². The van der Waals surface area contributed by atoms with Crippen LogP contribution in [-0.2, 0) is 0 Å². The minimum absolute atomic E-state index is 0.604. The van der Waals surface area contributed by atoms with E-state index in [4.69, 9.17) is 0 Å². The van der Waals surface area contributed by atoms with Crippen molar-refractivity contribution in [1.82, 2.24) is 15.1 Å². The van der Waals surface area contributed by atoms with Crippen molar-refractivity contribution in [2.45, 2.75) is 44.7 Å². The van der Waals surface area contributed by atoms with Crippen LogP contribution in [0.25, 0.3) is 0 Å². The smallest absolute Gasteiger partial charge is 0.0169 e. The Kier molecular flexibility index (Phi) is 5.17. The highest BCUT2D eigenvalue weighted by molar-refractivity contribution is 5.27. The van der Waals surface area contributed by atoms with Crippen LogP contribution in [-0.4, -0.2) is 61.7 Å². The SMILES string of the molecule is Cc1cccc(C2CC(N[C@H](C)CN3CCN(C)CC3)C2)c1. The molecule has 0 bridgehead atoms. The van der Waals surface area contributed by atoms with Gasteiger partial charge in [-0.05, 0) is 45.2 Å². The van der Waals surface area contributed by atoms with Gasteiger partial charge in [-0.3, -0.25) is 4.90 Å². The first-order valence-corrected chi connectivity index (χ1v) is 8.83. The van der Waals surface area contributed by atoms with Gasteiger partial charge in [-0.1, -0.05) is 29.8 Å². The van der Waals surface area contributed by atoms with E-state index in [1.54, 1.807) is 0 Å². The number of benzene rings is 1. The molecule has 1 heterocycles. The zero-order valence-corrected chi connectivity index (χ0v) is 14.4. The molecule has 1 aromatic rings. The second-order valence-electron chi connectivity index (χ2n) is 7.45. The molecule has 1 aromatic carbocycles. The first kappa shape index (κ1) is 16.0. The number of piperazine rings is 1. The lowest BCUT2D eigenvalue weighted by molar-refractivity contribution is 0.137. The molecule has 22 heavy (non-hydrogen) atoms. The highest BCUT2D eigenvalue weighted by Crippen LogP contribution is 2.37. The first-order valence-electron chi connectivity index (χ1n) is 8.83. The van der Waals surface area contributed by atoms with E-state index in [9.17, 15) is 0 Å². The number of hydrogen-bond donors (Lipinski definition) is 1. The van der Waals surface area contributed by atoms with E-state index in [2.05, 4.69) is 60.3 Å². The molecule has 2 fully saturated rings. The van der Waals surface area contributed by atoms with Gasteiger partial charge in [-0.2, -0.15) is 0 Å². The van der Waals surface area contributed by atoms with Crippen LogP contribution in [0.5, 0.6) is 0 Å². The van der Waals surface area contributed by atoms with Gasteiger partial charge in [0.15, 0.2) is 0 Å². The quantitative estimate of drug-likeness (QED) is 0.901. The summed E-state index contributed by atoms with van der Waals surface area (Å²) < 4.78 is 0. The number of rotatable bonds is 5. The molecule has 0 radical (unpaired) electrons. The lowest BCUT2D eigenvalue weighted by atomic mass is 9.75. The minimum Gasteiger partial charge on any atom is -0.310 e. The van der Waals surface area contributed by atoms with Crippen LogP contribution in [0.1, 0.15) is 36.8 Å². The molecule has 122 valence electrons. The molecule has 0 aromatic heterocycles. The summed E-state index contributed by atoms with van der Waals surface area (Å²) in [5.74, 6) is 0.772. The highest BCUT2D eigenvalue weighted by atomic mass is 15.3. The molecule has 3 rings (SSSR count). The van der Waals surface area contributed by atoms with Crippen molar-refractivity contribution in [3.05, 3.63) is 35.4 Å². The summed E-state index contributed by atoms with van der Waals surface area (Å²) in [6, 6.07) is 10.4. The van der Waals surface area contributed by atoms with Crippen LogP contribution < -0.4 is 5.32 Å². The summed E-state index contributed by atoms with van der Waals surface area (Å²) in [4.78, 5) is 5.03. The van der Waals surface area contributed by atoms with E-state index in [1.807, 2.05) is 0 Å². The summed E-state index contributed by atoms with van der Waals surface area (Å²) in [6.07, 6.45) is 2.60. The van der Waals surface area contributed by atoms with E-state index in [-0.39, 0.29) is 0 Å². The Hall–Kier alpha value is -0.900. The largest absolute Gasteiger partial charge is 0.310 e. The molecule has 2 aliphatic rings. The number of likely N-dealkylation sites (N-methyl/N-ethyl adjacent to an activating group) is 1. The Balaban J connectivity index is 1.38. The molecule has 1 saturated heterocycles. The van der Waals surface area contributed by atoms with Crippen molar-refractivity contribution < 1.29 is 0 Å². The Labute approximate surface area is 135 Å². The lowest BCUT2D eigenvalue weighted by Crippen LogP contribution is -2.52. The summed E-state index contributed by atoms with van der Waals surface area (Å²) in [7, 11) is 2.22. The highest BCUT2D eigenvalue weighted by Gasteiger charge is 2.31. The average Bonchev–Trinajstić information content (AvgIpc) is 2.45. The van der Waals surface area contributed by atoms with Gasteiger partial charge in [0.1, 0.15) is 0 Å². The molecule has 1 aliphatic heterocycles. The van der Waals surface area contributed by atoms with Crippen LogP contribution in [0.2, 0.25) is 0 Å². The summed E-state index contributed by atoms with van der Waals surface area (Å²) in [5.41, 5.74) is 2.92. The van der Waals surface area contributed by atoms with Gasteiger partial charge in [0.2, 0.25) is 0 Å². The van der Waals surface area contributed by atoms with E-state index in [0.717, 1.165) is 5.92 Å². The number of aryl methyl sites for hydroxylation is 1. The zero-order chi connectivity index (χ0) is 15.5. The zero-order valence-electron chi connectivity index (χ0n) is 14.4. The Morgan fingerprint density at radius 1 is 1.18 bits per heavy atom. The number of hydrogen-bond acceptors (Lipinski definition) is 3. The molecule has 3 heteroatoms. The van der Waals surface area contributed by atoms with Gasteiger partial charge in [0.05, 0.1) is 0 Å². The molecule has 1 atom stereocenters. The molecule has 0 spiro atoms. The van der Waals surface area contributed by atoms with Gasteiger partial charge in [-0.15, -0.1) is 0 Å². The molecule has 1 N–H and O–H groups in total. The van der Waals surface area contributed by atoms with E-state index in [1.165, 1.54) is 56.7 Å². The van der Waals surface area contributed by atoms with Crippen LogP contribution >= 0.6 is 0 Å². The lowest BCUT2D eigenvalue weighted by Gasteiger charge is -2.40. The Morgan fingerprint density at radius 3 is 2.59 bits per heavy atom. The fraction of sp³-hybridized carbons (Fsp3) is 0.684. The van der Waals surface area contributed by atoms with Crippen molar-refractivity contribution in [2.24, 2.45) is 0 Å². The number of nitrogens with zero attached hydrogens (tertiary/aromatic N) is 2. The van der Waals surface area contributed by atoms with Crippen molar-refractivity contribution in [1.29, 1.82) is 0 Å². The van der Waals surface area contributed by atoms with Gasteiger partial charge >= 0.3 is 0 Å². The predicted octanol–water partition coefficient (Wildman–Crippen LogP) is 2.47. The van der Waals surface area contributed by atoms with Crippen molar-refractivity contribution in [2.75, 3.05) is 39.8 Å². The minimum atomic E-state index is 0.604. The second kappa shape index (κ2) is 7.12. The Morgan fingerprint density at radius 2 is 1.91 bits per heavy atom. The van der Waals surface area contributed by atoms with Crippen LogP contribution in [0.15, 0.2) is 24.3 Å². The maximum Gasteiger partial charge on any atom is 0.0169 e. The summed E-state index contributed by atoms with van der Waals surface area (Å²) in [6.45, 7) is 10.6. The molecule has 1 aliphatic carbocycles. The molecule has 3 nitrogen and oxygen atoms in total. The molecule has 0 unspecified atom stereocenters. The van der Waals surface area contributed by atoms with E-state index >= 15 is 0 Å². The van der Waals surface area contributed by atoms with Crippen molar-refractivity contribution in [3.8, 4) is 0 Å². The monoisotopic (exact) mass is 301 g/mol. The average molecular weight is 301 g/mol. The molecular weight excluding hydrogens is 270 g/mol. The van der Waals surface area contributed by atoms with Gasteiger partial charge in [0, 0.05) is 44.8 Å². The van der Waals surface area contributed by atoms with E-state index < -0.39 is 0 Å². The maximum atomic E-state index is 3.83. The standard InChI is InChI=1S/C19H31N3/c1-15-5-4-6-17(11-15)18-12-19(13-18)20-16(2)14-22-9-7-21(3)8-10-22/h4-6,11,16,18-20H,7-10,12-14H2,1-3H3/t16-,18?,19?/m1/s1. The second-order valence-corrected chi connectivity index (χ2v) is 7.45. The van der Waals surface area contributed by atoms with E-state index in [0.29, 0.717) is 12.1 Å². The summed E-state index contributed by atoms with van der Waals surface area (Å²) >= 11 is 0. The van der Waals surface area contributed by atoms with Crippen molar-refractivity contribution in [3.63, 3.8) is 0 Å². The number of nitrogens with one attached hydrogen (secondary N) is 1. The third-order valence-electron chi connectivity index (χ3n) is 5.30. The first-order chi connectivity index (χ1) is 10.6. The third-order valence-corrected chi connectivity index (χ3v) is 5.30. The molecule has 1 saturated carbocycles. The molecular formula is C19H31N3. The summed E-state index contributed by atoms with van der Waals surface area (Å²) in [5, 5.41) is 3.83. The maximum absolute atomic E-state index is 3.83. The van der Waals surface area contributed by atoms with Crippen LogP contribution in [0.4, 0.5) is 0 Å². The van der Waals surface area contributed by atoms with Gasteiger partial charge in [0.25, 0.3) is 0 Å². The van der Waals surface area contributed by atoms with Crippen LogP contribution in [0.3, 0.4) is 0 Å².